The monoisotopic (exact) mass is 386 g/mol. The first-order chi connectivity index (χ1) is 14.1. The number of hydrogen-bond donors (Lipinski definition) is 1. The second-order valence-corrected chi connectivity index (χ2v) is 6.58. The molecule has 0 radical (unpaired) electrons. The molecular weight excluding hydrogens is 368 g/mol. The lowest BCUT2D eigenvalue weighted by molar-refractivity contribution is -0.115. The number of methoxy groups -OCH3 is 1. The summed E-state index contributed by atoms with van der Waals surface area (Å²) < 4.78 is 5.11. The third kappa shape index (κ3) is 3.48. The number of nitrogens with one attached hydrogen (secondary N) is 1. The molecule has 4 rings (SSSR count). The molecular formula is C23H18N2O4. The Morgan fingerprint density at radius 2 is 1.62 bits per heavy atom. The fraction of sp³-hybridized carbons (Fsp3) is 0.0870. The van der Waals surface area contributed by atoms with Crippen molar-refractivity contribution in [3.05, 3.63) is 89.5 Å². The summed E-state index contributed by atoms with van der Waals surface area (Å²) in [6, 6.07) is 20.8. The molecule has 3 amide bonds. The van der Waals surface area contributed by atoms with E-state index < -0.39 is 11.8 Å². The van der Waals surface area contributed by atoms with Gasteiger partial charge in [0.1, 0.15) is 5.75 Å². The molecule has 0 saturated heterocycles. The largest absolute Gasteiger partial charge is 0.497 e. The van der Waals surface area contributed by atoms with Gasteiger partial charge in [0.2, 0.25) is 5.91 Å². The minimum atomic E-state index is -0.448. The summed E-state index contributed by atoms with van der Waals surface area (Å²) in [5, 5.41) is 2.77. The second kappa shape index (κ2) is 7.59. The highest BCUT2D eigenvalue weighted by molar-refractivity contribution is 6.36. The topological polar surface area (TPSA) is 75.7 Å². The second-order valence-electron chi connectivity index (χ2n) is 6.58. The molecule has 0 saturated carbocycles. The molecule has 0 fully saturated rings. The van der Waals surface area contributed by atoms with Crippen LogP contribution in [0.1, 0.15) is 26.3 Å². The van der Waals surface area contributed by atoms with Crippen LogP contribution in [0.5, 0.6) is 5.75 Å². The Hall–Kier alpha value is -3.93. The highest BCUT2D eigenvalue weighted by Gasteiger charge is 2.38. The van der Waals surface area contributed by atoms with Crippen LogP contribution < -0.4 is 15.0 Å². The van der Waals surface area contributed by atoms with Crippen molar-refractivity contribution in [2.45, 2.75) is 6.42 Å². The van der Waals surface area contributed by atoms with Crippen molar-refractivity contribution in [3.8, 4) is 5.75 Å². The van der Waals surface area contributed by atoms with Crippen LogP contribution in [0.15, 0.2) is 72.8 Å². The van der Waals surface area contributed by atoms with Gasteiger partial charge in [-0.1, -0.05) is 36.4 Å². The zero-order valence-electron chi connectivity index (χ0n) is 15.7. The first kappa shape index (κ1) is 18.4. The maximum absolute atomic E-state index is 13.0. The van der Waals surface area contributed by atoms with Crippen LogP contribution >= 0.6 is 0 Å². The molecule has 1 heterocycles. The predicted molar refractivity (Wildman–Crippen MR) is 109 cm³/mol. The summed E-state index contributed by atoms with van der Waals surface area (Å²) >= 11 is 0. The Morgan fingerprint density at radius 1 is 0.897 bits per heavy atom. The van der Waals surface area contributed by atoms with Gasteiger partial charge in [0.05, 0.1) is 36.0 Å². The van der Waals surface area contributed by atoms with Crippen molar-refractivity contribution in [2.24, 2.45) is 0 Å². The Balaban J connectivity index is 1.57. The van der Waals surface area contributed by atoms with Crippen molar-refractivity contribution in [2.75, 3.05) is 17.3 Å². The quantitative estimate of drug-likeness (QED) is 0.679. The van der Waals surface area contributed by atoms with Crippen molar-refractivity contribution in [1.82, 2.24) is 0 Å². The molecule has 1 aliphatic heterocycles. The maximum Gasteiger partial charge on any atom is 0.268 e. The highest BCUT2D eigenvalue weighted by atomic mass is 16.5. The maximum atomic E-state index is 13.0. The number of para-hydroxylation sites is 1. The van der Waals surface area contributed by atoms with Gasteiger partial charge in [-0.3, -0.25) is 14.4 Å². The Bertz CT molecular complexity index is 1090. The van der Waals surface area contributed by atoms with Crippen molar-refractivity contribution >= 4 is 29.1 Å². The Kier molecular flexibility index (Phi) is 4.83. The molecule has 3 aromatic rings. The van der Waals surface area contributed by atoms with E-state index >= 15 is 0 Å². The molecule has 29 heavy (non-hydrogen) atoms. The lowest BCUT2D eigenvalue weighted by Gasteiger charge is -2.13. The van der Waals surface area contributed by atoms with E-state index in [-0.39, 0.29) is 23.5 Å². The van der Waals surface area contributed by atoms with E-state index in [0.29, 0.717) is 17.1 Å². The van der Waals surface area contributed by atoms with Crippen LogP contribution in [0.3, 0.4) is 0 Å². The first-order valence-corrected chi connectivity index (χ1v) is 9.08. The minimum absolute atomic E-state index is 0.137. The van der Waals surface area contributed by atoms with E-state index in [1.807, 2.05) is 6.07 Å². The van der Waals surface area contributed by atoms with Gasteiger partial charge in [0, 0.05) is 0 Å². The summed E-state index contributed by atoms with van der Waals surface area (Å²) in [6.45, 7) is 0. The van der Waals surface area contributed by atoms with Gasteiger partial charge in [-0.2, -0.15) is 0 Å². The van der Waals surface area contributed by atoms with E-state index in [9.17, 15) is 14.4 Å². The Morgan fingerprint density at radius 3 is 2.31 bits per heavy atom. The van der Waals surface area contributed by atoms with Gasteiger partial charge in [-0.25, -0.2) is 4.90 Å². The lowest BCUT2D eigenvalue weighted by Crippen LogP contribution is -2.29. The number of anilines is 2. The Labute approximate surface area is 167 Å². The summed E-state index contributed by atoms with van der Waals surface area (Å²) in [5.74, 6) is -0.416. The zero-order chi connectivity index (χ0) is 20.4. The molecule has 144 valence electrons. The van der Waals surface area contributed by atoms with Gasteiger partial charge in [0.15, 0.2) is 0 Å². The molecule has 1 aliphatic rings. The molecule has 3 aromatic carbocycles. The molecule has 1 N–H and O–H groups in total. The minimum Gasteiger partial charge on any atom is -0.497 e. The molecule has 0 spiro atoms. The average molecular weight is 386 g/mol. The zero-order valence-corrected chi connectivity index (χ0v) is 15.7. The summed E-state index contributed by atoms with van der Waals surface area (Å²) in [6.07, 6.45) is 0.137. The van der Waals surface area contributed by atoms with Gasteiger partial charge in [-0.05, 0) is 42.0 Å². The smallest absolute Gasteiger partial charge is 0.268 e. The molecule has 0 aromatic heterocycles. The third-order valence-electron chi connectivity index (χ3n) is 4.73. The van der Waals surface area contributed by atoms with Crippen molar-refractivity contribution < 1.29 is 19.1 Å². The molecule has 0 unspecified atom stereocenters. The van der Waals surface area contributed by atoms with Gasteiger partial charge in [-0.15, -0.1) is 0 Å². The first-order valence-electron chi connectivity index (χ1n) is 9.08. The van der Waals surface area contributed by atoms with E-state index in [1.165, 1.54) is 0 Å². The van der Waals surface area contributed by atoms with Crippen molar-refractivity contribution in [3.63, 3.8) is 0 Å². The van der Waals surface area contributed by atoms with E-state index in [2.05, 4.69) is 5.32 Å². The van der Waals surface area contributed by atoms with Gasteiger partial charge in [0.25, 0.3) is 11.8 Å². The van der Waals surface area contributed by atoms with E-state index in [1.54, 1.807) is 73.8 Å². The number of imide groups is 1. The van der Waals surface area contributed by atoms with Crippen LogP contribution in [0.25, 0.3) is 0 Å². The number of hydrogen-bond acceptors (Lipinski definition) is 4. The number of carbonyl (C=O) groups excluding carboxylic acids is 3. The summed E-state index contributed by atoms with van der Waals surface area (Å²) in [5.41, 5.74) is 2.13. The van der Waals surface area contributed by atoms with E-state index in [4.69, 9.17) is 4.74 Å². The van der Waals surface area contributed by atoms with Gasteiger partial charge >= 0.3 is 0 Å². The van der Waals surface area contributed by atoms with Gasteiger partial charge < -0.3 is 10.1 Å². The fourth-order valence-corrected chi connectivity index (χ4v) is 3.32. The van der Waals surface area contributed by atoms with E-state index in [0.717, 1.165) is 10.5 Å². The molecule has 0 atom stereocenters. The lowest BCUT2D eigenvalue weighted by atomic mass is 10.1. The number of nitrogens with zero attached hydrogens (tertiary/aromatic N) is 1. The number of rotatable bonds is 5. The summed E-state index contributed by atoms with van der Waals surface area (Å²) in [7, 11) is 1.58. The number of fused-ring (bicyclic) bond motifs is 1. The molecule has 6 heteroatoms. The van der Waals surface area contributed by atoms with Crippen LogP contribution in [0.2, 0.25) is 0 Å². The molecule has 0 aliphatic carbocycles. The fourth-order valence-electron chi connectivity index (χ4n) is 3.32. The van der Waals surface area contributed by atoms with Crippen LogP contribution in [-0.2, 0) is 11.2 Å². The predicted octanol–water partition coefficient (Wildman–Crippen LogP) is 3.68. The SMILES string of the molecule is COc1ccc(CC(=O)Nc2cccc3c2C(=O)N(c2ccccc2)C3=O)cc1. The third-order valence-corrected chi connectivity index (χ3v) is 4.73. The average Bonchev–Trinajstić information content (AvgIpc) is 3.00. The molecule has 0 bridgehead atoms. The number of ether oxygens (including phenoxy) is 1. The van der Waals surface area contributed by atoms with Crippen LogP contribution in [0, 0.1) is 0 Å². The number of amides is 3. The number of carbonyl (C=O) groups is 3. The molecule has 6 nitrogen and oxygen atoms in total. The van der Waals surface area contributed by atoms with Crippen LogP contribution in [0.4, 0.5) is 11.4 Å². The normalized spacial score (nSPS) is 12.7. The summed E-state index contributed by atoms with van der Waals surface area (Å²) in [4.78, 5) is 39.4. The standard InChI is InChI=1S/C23H18N2O4/c1-29-17-12-10-15(11-13-17)14-20(26)24-19-9-5-8-18-21(19)23(28)25(22(18)27)16-6-3-2-4-7-16/h2-13H,14H2,1H3,(H,24,26). The number of benzene rings is 3. The van der Waals surface area contributed by atoms with Crippen molar-refractivity contribution in [1.29, 1.82) is 0 Å². The highest BCUT2D eigenvalue weighted by Crippen LogP contribution is 2.32. The van der Waals surface area contributed by atoms with Crippen LogP contribution in [-0.4, -0.2) is 24.8 Å².